The van der Waals surface area contributed by atoms with E-state index in [2.05, 4.69) is 193 Å². The van der Waals surface area contributed by atoms with E-state index in [1.54, 1.807) is 0 Å². The molecule has 12 aromatic rings. The Morgan fingerprint density at radius 2 is 0.906 bits per heavy atom. The van der Waals surface area contributed by atoms with Gasteiger partial charge in [0.25, 0.3) is 0 Å². The van der Waals surface area contributed by atoms with Crippen LogP contribution in [0.1, 0.15) is 0 Å². The summed E-state index contributed by atoms with van der Waals surface area (Å²) in [5.41, 5.74) is 11.7. The molecule has 5 nitrogen and oxygen atoms in total. The Balaban J connectivity index is 1.13. The topological polar surface area (TPSA) is 55.1 Å². The summed E-state index contributed by atoms with van der Waals surface area (Å²) in [6, 6.07) is 80.5. The minimum absolute atomic E-state index is 0.572. The summed E-state index contributed by atoms with van der Waals surface area (Å²) < 4.78 is 7.18. The van der Waals surface area contributed by atoms with Gasteiger partial charge in [-0.3, -0.25) is 0 Å². The number of rotatable bonds is 8. The van der Waals surface area contributed by atoms with E-state index in [-0.39, 0.29) is 0 Å². The predicted octanol–water partition coefficient (Wildman–Crippen LogP) is 15.9. The van der Waals surface area contributed by atoms with Gasteiger partial charge in [-0.15, -0.1) is 0 Å². The van der Waals surface area contributed by atoms with Crippen LogP contribution in [0.15, 0.2) is 235 Å². The highest BCUT2D eigenvalue weighted by Gasteiger charge is 2.26. The van der Waals surface area contributed by atoms with Gasteiger partial charge < -0.3 is 9.32 Å². The molecule has 0 aliphatic rings. The van der Waals surface area contributed by atoms with Gasteiger partial charge in [0.1, 0.15) is 5.58 Å². The minimum atomic E-state index is 0.572. The molecule has 2 heterocycles. The molecule has 0 spiro atoms. The number of benzene rings is 10. The lowest BCUT2D eigenvalue weighted by atomic mass is 9.97. The Bertz CT molecular complexity index is 3660. The predicted molar refractivity (Wildman–Crippen MR) is 264 cm³/mol. The third-order valence-corrected chi connectivity index (χ3v) is 12.1. The standard InChI is InChI=1S/C59H38N4O/c1-4-17-39(18-5-1)41-33-35-47(36-34-41)63(52-29-15-14-26-48(52)42-20-6-2-7-21-42)55-49-27-13-12-25-45(49)38-51-54-50(28-16-30-53(54)64-56(51)55)59-61-57(43-22-8-3-9-23-43)60-58(62-59)46-32-31-40-19-10-11-24-44(40)37-46/h1-38H. The maximum absolute atomic E-state index is 7.18. The van der Waals surface area contributed by atoms with Crippen LogP contribution in [0.25, 0.3) is 99.9 Å². The summed E-state index contributed by atoms with van der Waals surface area (Å²) >= 11 is 0. The fraction of sp³-hybridized carbons (Fsp3) is 0. The molecule has 12 rings (SSSR count). The van der Waals surface area contributed by atoms with Crippen LogP contribution in [0.3, 0.4) is 0 Å². The van der Waals surface area contributed by atoms with Crippen LogP contribution < -0.4 is 4.90 Å². The molecular formula is C59H38N4O. The van der Waals surface area contributed by atoms with Crippen LogP contribution >= 0.6 is 0 Å². The normalized spacial score (nSPS) is 11.4. The Labute approximate surface area is 370 Å². The molecule has 2 aromatic heterocycles. The summed E-state index contributed by atoms with van der Waals surface area (Å²) in [5.74, 6) is 1.78. The first-order chi connectivity index (χ1) is 31.7. The van der Waals surface area contributed by atoms with E-state index in [0.717, 1.165) is 93.9 Å². The molecule has 0 bridgehead atoms. The number of hydrogen-bond donors (Lipinski definition) is 0. The summed E-state index contributed by atoms with van der Waals surface area (Å²) in [7, 11) is 0. The summed E-state index contributed by atoms with van der Waals surface area (Å²) in [5, 5.41) is 6.35. The van der Waals surface area contributed by atoms with Gasteiger partial charge in [0, 0.05) is 44.1 Å². The first-order valence-electron chi connectivity index (χ1n) is 21.5. The number of nitrogens with zero attached hydrogens (tertiary/aromatic N) is 4. The van der Waals surface area contributed by atoms with E-state index >= 15 is 0 Å². The van der Waals surface area contributed by atoms with Gasteiger partial charge in [-0.1, -0.05) is 194 Å². The van der Waals surface area contributed by atoms with Crippen molar-refractivity contribution >= 4 is 60.5 Å². The highest BCUT2D eigenvalue weighted by Crippen LogP contribution is 2.50. The number of para-hydroxylation sites is 1. The highest BCUT2D eigenvalue weighted by atomic mass is 16.3. The number of furan rings is 1. The van der Waals surface area contributed by atoms with E-state index in [9.17, 15) is 0 Å². The smallest absolute Gasteiger partial charge is 0.164 e. The maximum Gasteiger partial charge on any atom is 0.164 e. The molecule has 10 aromatic carbocycles. The molecule has 0 radical (unpaired) electrons. The van der Waals surface area contributed by atoms with E-state index in [1.165, 1.54) is 5.56 Å². The molecule has 0 N–H and O–H groups in total. The van der Waals surface area contributed by atoms with Gasteiger partial charge in [0.2, 0.25) is 0 Å². The van der Waals surface area contributed by atoms with Crippen molar-refractivity contribution in [1.29, 1.82) is 0 Å². The summed E-state index contributed by atoms with van der Waals surface area (Å²) in [6.45, 7) is 0. The van der Waals surface area contributed by atoms with Crippen molar-refractivity contribution in [3.63, 3.8) is 0 Å². The van der Waals surface area contributed by atoms with Crippen LogP contribution in [-0.4, -0.2) is 15.0 Å². The van der Waals surface area contributed by atoms with Crippen LogP contribution in [0, 0.1) is 0 Å². The Morgan fingerprint density at radius 1 is 0.344 bits per heavy atom. The zero-order valence-corrected chi connectivity index (χ0v) is 34.6. The van der Waals surface area contributed by atoms with Crippen LogP contribution in [0.4, 0.5) is 17.1 Å². The molecule has 5 heteroatoms. The van der Waals surface area contributed by atoms with Crippen molar-refractivity contribution in [2.75, 3.05) is 4.90 Å². The third-order valence-electron chi connectivity index (χ3n) is 12.1. The average Bonchev–Trinajstić information content (AvgIpc) is 3.75. The monoisotopic (exact) mass is 818 g/mol. The van der Waals surface area contributed by atoms with Crippen LogP contribution in [0.5, 0.6) is 0 Å². The van der Waals surface area contributed by atoms with Crippen molar-refractivity contribution < 1.29 is 4.42 Å². The third kappa shape index (κ3) is 6.55. The number of anilines is 3. The Hall–Kier alpha value is -8.67. The van der Waals surface area contributed by atoms with Crippen molar-refractivity contribution in [2.24, 2.45) is 0 Å². The fourth-order valence-corrected chi connectivity index (χ4v) is 9.03. The van der Waals surface area contributed by atoms with Crippen molar-refractivity contribution in [3.05, 3.63) is 231 Å². The molecule has 0 amide bonds. The second-order valence-electron chi connectivity index (χ2n) is 16.0. The summed E-state index contributed by atoms with van der Waals surface area (Å²) in [6.07, 6.45) is 0. The van der Waals surface area contributed by atoms with E-state index in [0.29, 0.717) is 17.5 Å². The van der Waals surface area contributed by atoms with Crippen molar-refractivity contribution in [2.45, 2.75) is 0 Å². The first-order valence-corrected chi connectivity index (χ1v) is 21.5. The Morgan fingerprint density at radius 3 is 1.67 bits per heavy atom. The largest absolute Gasteiger partial charge is 0.454 e. The van der Waals surface area contributed by atoms with Gasteiger partial charge in [-0.05, 0) is 69.2 Å². The lowest BCUT2D eigenvalue weighted by Gasteiger charge is -2.29. The zero-order chi connectivity index (χ0) is 42.4. The lowest BCUT2D eigenvalue weighted by Crippen LogP contribution is -2.12. The molecule has 0 aliphatic carbocycles. The molecule has 0 aliphatic heterocycles. The number of hydrogen-bond acceptors (Lipinski definition) is 5. The molecule has 0 atom stereocenters. The van der Waals surface area contributed by atoms with E-state index in [4.69, 9.17) is 19.4 Å². The lowest BCUT2D eigenvalue weighted by molar-refractivity contribution is 0.669. The van der Waals surface area contributed by atoms with Crippen molar-refractivity contribution in [3.8, 4) is 56.4 Å². The molecule has 0 saturated heterocycles. The van der Waals surface area contributed by atoms with Gasteiger partial charge in [0.15, 0.2) is 23.1 Å². The van der Waals surface area contributed by atoms with Gasteiger partial charge in [0.05, 0.1) is 11.4 Å². The second-order valence-corrected chi connectivity index (χ2v) is 16.0. The number of aromatic nitrogens is 3. The van der Waals surface area contributed by atoms with E-state index < -0.39 is 0 Å². The van der Waals surface area contributed by atoms with Crippen molar-refractivity contribution in [1.82, 2.24) is 15.0 Å². The van der Waals surface area contributed by atoms with Crippen LogP contribution in [-0.2, 0) is 0 Å². The van der Waals surface area contributed by atoms with E-state index in [1.807, 2.05) is 42.5 Å². The van der Waals surface area contributed by atoms with Crippen LogP contribution in [0.2, 0.25) is 0 Å². The minimum Gasteiger partial charge on any atom is -0.454 e. The molecule has 0 fully saturated rings. The Kier molecular flexibility index (Phi) is 9.08. The number of fused-ring (bicyclic) bond motifs is 5. The van der Waals surface area contributed by atoms with Gasteiger partial charge in [-0.2, -0.15) is 0 Å². The second kappa shape index (κ2) is 15.7. The molecule has 64 heavy (non-hydrogen) atoms. The zero-order valence-electron chi connectivity index (χ0n) is 34.6. The summed E-state index contributed by atoms with van der Waals surface area (Å²) in [4.78, 5) is 17.9. The average molecular weight is 819 g/mol. The molecule has 0 unspecified atom stereocenters. The SMILES string of the molecule is c1ccc(-c2ccc(N(c3ccccc3-c3ccccc3)c3c4ccccc4cc4c3oc3cccc(-c5nc(-c6ccccc6)nc(-c6ccc7ccccc7c6)n5)c34)cc2)cc1. The van der Waals surface area contributed by atoms with Gasteiger partial charge >= 0.3 is 0 Å². The molecular weight excluding hydrogens is 781 g/mol. The fourth-order valence-electron chi connectivity index (χ4n) is 9.03. The molecule has 0 saturated carbocycles. The molecule has 300 valence electrons. The highest BCUT2D eigenvalue weighted by molar-refractivity contribution is 6.22. The van der Waals surface area contributed by atoms with Gasteiger partial charge in [-0.25, -0.2) is 15.0 Å². The maximum atomic E-state index is 7.18. The quantitative estimate of drug-likeness (QED) is 0.153. The first kappa shape index (κ1) is 37.1.